The van der Waals surface area contributed by atoms with Crippen LogP contribution in [0.1, 0.15) is 17.5 Å². The number of methoxy groups -OCH3 is 3. The predicted molar refractivity (Wildman–Crippen MR) is 98.3 cm³/mol. The van der Waals surface area contributed by atoms with Gasteiger partial charge in [0.25, 0.3) is 0 Å². The number of benzene rings is 2. The van der Waals surface area contributed by atoms with Crippen LogP contribution in [0.25, 0.3) is 0 Å². The van der Waals surface area contributed by atoms with E-state index in [1.807, 2.05) is 0 Å². The monoisotopic (exact) mass is 426 g/mol. The number of hydrogen-bond donors (Lipinski definition) is 0. The van der Waals surface area contributed by atoms with Crippen LogP contribution in [-0.4, -0.2) is 27.3 Å². The zero-order valence-electron chi connectivity index (χ0n) is 14.8. The Balaban J connectivity index is 1.96. The summed E-state index contributed by atoms with van der Waals surface area (Å²) < 4.78 is 34.7. The zero-order valence-corrected chi connectivity index (χ0v) is 16.4. The number of carbonyl (C=O) groups excluding carboxylic acids is 1. The third kappa shape index (κ3) is 5.11. The molecule has 0 aliphatic carbocycles. The van der Waals surface area contributed by atoms with Crippen molar-refractivity contribution in [2.75, 3.05) is 21.3 Å². The van der Waals surface area contributed by atoms with Crippen LogP contribution in [0.2, 0.25) is 0 Å². The van der Waals surface area contributed by atoms with E-state index < -0.39 is 0 Å². The summed E-state index contributed by atoms with van der Waals surface area (Å²) >= 11 is 3.25. The summed E-state index contributed by atoms with van der Waals surface area (Å²) in [4.78, 5) is 12.0. The fourth-order valence-corrected chi connectivity index (χ4v) is 2.86. The van der Waals surface area contributed by atoms with Gasteiger partial charge in [-0.3, -0.25) is 4.79 Å². The molecule has 0 aliphatic heterocycles. The highest BCUT2D eigenvalue weighted by Gasteiger charge is 2.14. The topological polar surface area (TPSA) is 54.0 Å². The molecule has 140 valence electrons. The second-order valence-electron chi connectivity index (χ2n) is 5.43. The number of carbonyl (C=O) groups is 1. The van der Waals surface area contributed by atoms with E-state index in [1.54, 1.807) is 18.2 Å². The average molecular weight is 427 g/mol. The fraction of sp³-hybridized carbons (Fsp3) is 0.316. The van der Waals surface area contributed by atoms with Gasteiger partial charge in [-0.05, 0) is 36.2 Å². The maximum atomic E-state index is 13.1. The summed E-state index contributed by atoms with van der Waals surface area (Å²) in [6, 6.07) is 7.82. The van der Waals surface area contributed by atoms with E-state index in [9.17, 15) is 9.18 Å². The Kier molecular flexibility index (Phi) is 7.26. The fourth-order valence-electron chi connectivity index (χ4n) is 2.40. The van der Waals surface area contributed by atoms with Crippen LogP contribution in [0, 0.1) is 5.82 Å². The molecular weight excluding hydrogens is 407 g/mol. The summed E-state index contributed by atoms with van der Waals surface area (Å²) in [6.45, 7) is 0.0783. The average Bonchev–Trinajstić information content (AvgIpc) is 2.64. The molecule has 0 saturated heterocycles. The Bertz CT molecular complexity index is 754. The number of aryl methyl sites for hydroxylation is 1. The Labute approximate surface area is 160 Å². The minimum atomic E-state index is -0.352. The molecule has 0 atom stereocenters. The van der Waals surface area contributed by atoms with Crippen molar-refractivity contribution in [1.82, 2.24) is 0 Å². The maximum Gasteiger partial charge on any atom is 0.306 e. The van der Waals surface area contributed by atoms with Crippen LogP contribution >= 0.6 is 15.9 Å². The summed E-state index contributed by atoms with van der Waals surface area (Å²) in [5.74, 6) is 0.864. The number of ether oxygens (including phenoxy) is 4. The van der Waals surface area contributed by atoms with E-state index >= 15 is 0 Å². The molecule has 0 unspecified atom stereocenters. The molecule has 0 aromatic heterocycles. The molecule has 0 aliphatic rings. The van der Waals surface area contributed by atoms with Gasteiger partial charge >= 0.3 is 5.97 Å². The summed E-state index contributed by atoms with van der Waals surface area (Å²) in [5, 5.41) is 0. The first-order valence-corrected chi connectivity index (χ1v) is 8.66. The van der Waals surface area contributed by atoms with E-state index in [2.05, 4.69) is 15.9 Å². The van der Waals surface area contributed by atoms with Gasteiger partial charge in [0, 0.05) is 16.5 Å². The molecule has 5 nitrogen and oxygen atoms in total. The van der Waals surface area contributed by atoms with Gasteiger partial charge in [0.2, 0.25) is 5.75 Å². The third-order valence-electron chi connectivity index (χ3n) is 3.75. The molecule has 0 amide bonds. The van der Waals surface area contributed by atoms with Crippen molar-refractivity contribution in [3.8, 4) is 17.2 Å². The lowest BCUT2D eigenvalue weighted by Gasteiger charge is -2.14. The van der Waals surface area contributed by atoms with Crippen molar-refractivity contribution in [3.63, 3.8) is 0 Å². The molecule has 0 spiro atoms. The molecule has 0 N–H and O–H groups in total. The SMILES string of the molecule is COc1cc(CCC(=O)OCc2ccc(F)cc2Br)cc(OC)c1OC. The molecule has 2 aromatic rings. The van der Waals surface area contributed by atoms with Crippen LogP contribution in [0.3, 0.4) is 0 Å². The van der Waals surface area contributed by atoms with Crippen LogP contribution < -0.4 is 14.2 Å². The summed E-state index contributed by atoms with van der Waals surface area (Å²) in [6.07, 6.45) is 0.650. The predicted octanol–water partition coefficient (Wildman–Crippen LogP) is 4.29. The van der Waals surface area contributed by atoms with Crippen molar-refractivity contribution in [2.24, 2.45) is 0 Å². The highest BCUT2D eigenvalue weighted by Crippen LogP contribution is 2.38. The lowest BCUT2D eigenvalue weighted by atomic mass is 10.1. The first kappa shape index (κ1) is 20.0. The molecule has 0 radical (unpaired) electrons. The normalized spacial score (nSPS) is 10.3. The van der Waals surface area contributed by atoms with Gasteiger partial charge in [-0.15, -0.1) is 0 Å². The van der Waals surface area contributed by atoms with Gasteiger partial charge in [-0.1, -0.05) is 22.0 Å². The largest absolute Gasteiger partial charge is 0.493 e. The quantitative estimate of drug-likeness (QED) is 0.589. The smallest absolute Gasteiger partial charge is 0.306 e. The van der Waals surface area contributed by atoms with E-state index in [1.165, 1.54) is 33.5 Å². The number of hydrogen-bond acceptors (Lipinski definition) is 5. The zero-order chi connectivity index (χ0) is 19.1. The van der Waals surface area contributed by atoms with Crippen LogP contribution in [0.5, 0.6) is 17.2 Å². The van der Waals surface area contributed by atoms with E-state index in [4.69, 9.17) is 18.9 Å². The van der Waals surface area contributed by atoms with Crippen molar-refractivity contribution < 1.29 is 28.1 Å². The second-order valence-corrected chi connectivity index (χ2v) is 6.28. The minimum Gasteiger partial charge on any atom is -0.493 e. The van der Waals surface area contributed by atoms with Gasteiger partial charge in [0.1, 0.15) is 12.4 Å². The van der Waals surface area contributed by atoms with Crippen molar-refractivity contribution >= 4 is 21.9 Å². The molecule has 26 heavy (non-hydrogen) atoms. The highest BCUT2D eigenvalue weighted by molar-refractivity contribution is 9.10. The van der Waals surface area contributed by atoms with Crippen molar-refractivity contribution in [1.29, 1.82) is 0 Å². The van der Waals surface area contributed by atoms with Gasteiger partial charge in [-0.25, -0.2) is 4.39 Å². The molecule has 0 bridgehead atoms. The lowest BCUT2D eigenvalue weighted by molar-refractivity contribution is -0.144. The Hall–Kier alpha value is -2.28. The van der Waals surface area contributed by atoms with E-state index in [0.29, 0.717) is 33.7 Å². The molecule has 0 heterocycles. The standard InChI is InChI=1S/C19H20BrFO5/c1-23-16-8-12(9-17(24-2)19(16)25-3)4-7-18(22)26-11-13-5-6-14(21)10-15(13)20/h5-6,8-10H,4,7,11H2,1-3H3. The molecular formula is C19H20BrFO5. The number of halogens is 2. The molecule has 7 heteroatoms. The van der Waals surface area contributed by atoms with Crippen molar-refractivity contribution in [3.05, 3.63) is 51.7 Å². The molecule has 0 saturated carbocycles. The first-order chi connectivity index (χ1) is 12.5. The Morgan fingerprint density at radius 2 is 1.69 bits per heavy atom. The summed E-state index contributed by atoms with van der Waals surface area (Å²) in [5.41, 5.74) is 1.56. The van der Waals surface area contributed by atoms with Gasteiger partial charge in [-0.2, -0.15) is 0 Å². The Morgan fingerprint density at radius 3 is 2.23 bits per heavy atom. The number of rotatable bonds is 8. The van der Waals surface area contributed by atoms with Crippen LogP contribution in [0.4, 0.5) is 4.39 Å². The van der Waals surface area contributed by atoms with E-state index in [-0.39, 0.29) is 24.8 Å². The minimum absolute atomic E-state index is 0.0783. The second kappa shape index (κ2) is 9.43. The highest BCUT2D eigenvalue weighted by atomic mass is 79.9. The first-order valence-electron chi connectivity index (χ1n) is 7.87. The number of esters is 1. The Morgan fingerprint density at radius 1 is 1.04 bits per heavy atom. The van der Waals surface area contributed by atoms with E-state index in [0.717, 1.165) is 5.56 Å². The van der Waals surface area contributed by atoms with Crippen molar-refractivity contribution in [2.45, 2.75) is 19.4 Å². The third-order valence-corrected chi connectivity index (χ3v) is 4.48. The van der Waals surface area contributed by atoms with Gasteiger partial charge in [0.05, 0.1) is 21.3 Å². The molecule has 2 rings (SSSR count). The summed E-state index contributed by atoms with van der Waals surface area (Å²) in [7, 11) is 4.61. The van der Waals surface area contributed by atoms with Crippen LogP contribution in [-0.2, 0) is 22.6 Å². The van der Waals surface area contributed by atoms with Gasteiger partial charge in [0.15, 0.2) is 11.5 Å². The van der Waals surface area contributed by atoms with Gasteiger partial charge < -0.3 is 18.9 Å². The molecule has 0 fully saturated rings. The molecule has 2 aromatic carbocycles. The van der Waals surface area contributed by atoms with Crippen LogP contribution in [0.15, 0.2) is 34.8 Å². The lowest BCUT2D eigenvalue weighted by Crippen LogP contribution is -2.07. The maximum absolute atomic E-state index is 13.1.